The molecule has 0 radical (unpaired) electrons. The fourth-order valence-electron chi connectivity index (χ4n) is 1.80. The summed E-state index contributed by atoms with van der Waals surface area (Å²) < 4.78 is 1.76. The van der Waals surface area contributed by atoms with Crippen molar-refractivity contribution in [1.82, 2.24) is 9.55 Å². The summed E-state index contributed by atoms with van der Waals surface area (Å²) in [5, 5.41) is 0. The first kappa shape index (κ1) is 9.90. The molecule has 2 aromatic rings. The zero-order valence-electron chi connectivity index (χ0n) is 9.24. The number of aryl methyl sites for hydroxylation is 3. The molecule has 78 valence electrons. The molecule has 2 rings (SSSR count). The molecule has 0 atom stereocenters. The molecule has 1 heterocycles. The molecule has 0 spiro atoms. The summed E-state index contributed by atoms with van der Waals surface area (Å²) >= 11 is 0. The number of aromatic nitrogens is 2. The van der Waals surface area contributed by atoms with Crippen LogP contribution < -0.4 is 5.56 Å². The third kappa shape index (κ3) is 1.54. The molecule has 0 saturated heterocycles. The van der Waals surface area contributed by atoms with Crippen LogP contribution in [0.5, 0.6) is 0 Å². The van der Waals surface area contributed by atoms with E-state index in [2.05, 4.69) is 4.98 Å². The van der Waals surface area contributed by atoms with Crippen molar-refractivity contribution in [3.8, 4) is 0 Å². The average Bonchev–Trinajstić information content (AvgIpc) is 2.20. The molecule has 3 heteroatoms. The average molecular weight is 202 g/mol. The van der Waals surface area contributed by atoms with Crippen molar-refractivity contribution in [3.05, 3.63) is 39.8 Å². The second kappa shape index (κ2) is 3.50. The number of hydrogen-bond donors (Lipinski definition) is 0. The van der Waals surface area contributed by atoms with Gasteiger partial charge in [-0.25, -0.2) is 4.98 Å². The molecule has 1 aromatic heterocycles. The van der Waals surface area contributed by atoms with E-state index in [1.54, 1.807) is 11.5 Å². The van der Waals surface area contributed by atoms with E-state index in [-0.39, 0.29) is 5.56 Å². The molecule has 3 nitrogen and oxygen atoms in total. The molecular weight excluding hydrogens is 188 g/mol. The van der Waals surface area contributed by atoms with Crippen molar-refractivity contribution in [3.63, 3.8) is 0 Å². The van der Waals surface area contributed by atoms with E-state index in [1.165, 1.54) is 0 Å². The topological polar surface area (TPSA) is 34.9 Å². The normalized spacial score (nSPS) is 10.9. The standard InChI is InChI=1S/C12H14N2O/c1-4-14-11-6-5-8(2)7-10(11)13-9(3)12(14)15/h5-7H,4H2,1-3H3. The van der Waals surface area contributed by atoms with Gasteiger partial charge in [-0.2, -0.15) is 0 Å². The molecule has 0 aliphatic carbocycles. The van der Waals surface area contributed by atoms with Gasteiger partial charge in [0, 0.05) is 6.54 Å². The summed E-state index contributed by atoms with van der Waals surface area (Å²) in [6, 6.07) is 5.97. The van der Waals surface area contributed by atoms with E-state index in [0.29, 0.717) is 12.2 Å². The molecule has 0 saturated carbocycles. The van der Waals surface area contributed by atoms with Crippen LogP contribution in [-0.2, 0) is 6.54 Å². The van der Waals surface area contributed by atoms with Crippen molar-refractivity contribution < 1.29 is 0 Å². The Morgan fingerprint density at radius 1 is 1.33 bits per heavy atom. The molecule has 0 unspecified atom stereocenters. The predicted molar refractivity (Wildman–Crippen MR) is 61.2 cm³/mol. The van der Waals surface area contributed by atoms with Gasteiger partial charge < -0.3 is 4.57 Å². The molecular formula is C12H14N2O. The number of benzene rings is 1. The van der Waals surface area contributed by atoms with Crippen LogP contribution in [0.3, 0.4) is 0 Å². The first-order chi connectivity index (χ1) is 7.13. The summed E-state index contributed by atoms with van der Waals surface area (Å²) in [4.78, 5) is 16.1. The molecule has 1 aromatic carbocycles. The lowest BCUT2D eigenvalue weighted by atomic mass is 10.2. The van der Waals surface area contributed by atoms with Gasteiger partial charge in [0.25, 0.3) is 5.56 Å². The molecule has 0 fully saturated rings. The highest BCUT2D eigenvalue weighted by Gasteiger charge is 2.05. The smallest absolute Gasteiger partial charge is 0.272 e. The maximum atomic E-state index is 11.8. The highest BCUT2D eigenvalue weighted by Crippen LogP contribution is 2.12. The molecule has 0 amide bonds. The Kier molecular flexibility index (Phi) is 2.31. The third-order valence-corrected chi connectivity index (χ3v) is 2.58. The van der Waals surface area contributed by atoms with Crippen LogP contribution in [0.25, 0.3) is 11.0 Å². The van der Waals surface area contributed by atoms with Crippen LogP contribution >= 0.6 is 0 Å². The zero-order valence-corrected chi connectivity index (χ0v) is 9.24. The Balaban J connectivity index is 2.94. The zero-order chi connectivity index (χ0) is 11.0. The lowest BCUT2D eigenvalue weighted by molar-refractivity contribution is 0.744. The van der Waals surface area contributed by atoms with Gasteiger partial charge >= 0.3 is 0 Å². The minimum Gasteiger partial charge on any atom is -0.305 e. The van der Waals surface area contributed by atoms with Crippen LogP contribution in [0.1, 0.15) is 18.2 Å². The van der Waals surface area contributed by atoms with Gasteiger partial charge in [0.2, 0.25) is 0 Å². The Morgan fingerprint density at radius 3 is 2.73 bits per heavy atom. The Bertz CT molecular complexity index is 570. The van der Waals surface area contributed by atoms with Crippen LogP contribution in [0.4, 0.5) is 0 Å². The van der Waals surface area contributed by atoms with Crippen molar-refractivity contribution in [2.24, 2.45) is 0 Å². The Hall–Kier alpha value is -1.64. The van der Waals surface area contributed by atoms with E-state index in [1.807, 2.05) is 32.0 Å². The molecule has 15 heavy (non-hydrogen) atoms. The second-order valence-electron chi connectivity index (χ2n) is 3.74. The summed E-state index contributed by atoms with van der Waals surface area (Å²) in [6.45, 7) is 6.44. The number of fused-ring (bicyclic) bond motifs is 1. The van der Waals surface area contributed by atoms with Gasteiger partial charge in [-0.1, -0.05) is 6.07 Å². The fraction of sp³-hybridized carbons (Fsp3) is 0.333. The van der Waals surface area contributed by atoms with Crippen molar-refractivity contribution in [2.45, 2.75) is 27.3 Å². The van der Waals surface area contributed by atoms with E-state index < -0.39 is 0 Å². The molecule has 0 aliphatic rings. The fourth-order valence-corrected chi connectivity index (χ4v) is 1.80. The SMILES string of the molecule is CCn1c(=O)c(C)nc2cc(C)ccc21. The monoisotopic (exact) mass is 202 g/mol. The maximum absolute atomic E-state index is 11.8. The van der Waals surface area contributed by atoms with Crippen LogP contribution in [0.2, 0.25) is 0 Å². The summed E-state index contributed by atoms with van der Waals surface area (Å²) in [6.07, 6.45) is 0. The van der Waals surface area contributed by atoms with Crippen LogP contribution in [0, 0.1) is 13.8 Å². The van der Waals surface area contributed by atoms with Gasteiger partial charge in [-0.3, -0.25) is 4.79 Å². The maximum Gasteiger partial charge on any atom is 0.272 e. The first-order valence-electron chi connectivity index (χ1n) is 5.11. The van der Waals surface area contributed by atoms with Crippen molar-refractivity contribution in [1.29, 1.82) is 0 Å². The predicted octanol–water partition coefficient (Wildman–Crippen LogP) is 2.03. The van der Waals surface area contributed by atoms with Crippen LogP contribution in [0.15, 0.2) is 23.0 Å². The van der Waals surface area contributed by atoms with Crippen LogP contribution in [-0.4, -0.2) is 9.55 Å². The van der Waals surface area contributed by atoms with Gasteiger partial charge in [-0.05, 0) is 38.5 Å². The number of rotatable bonds is 1. The van der Waals surface area contributed by atoms with Gasteiger partial charge in [0.1, 0.15) is 5.69 Å². The minimum absolute atomic E-state index is 0.00820. The van der Waals surface area contributed by atoms with E-state index in [0.717, 1.165) is 16.6 Å². The van der Waals surface area contributed by atoms with Gasteiger partial charge in [-0.15, -0.1) is 0 Å². The number of nitrogens with zero attached hydrogens (tertiary/aromatic N) is 2. The largest absolute Gasteiger partial charge is 0.305 e. The molecule has 0 bridgehead atoms. The Morgan fingerprint density at radius 2 is 2.07 bits per heavy atom. The quantitative estimate of drug-likeness (QED) is 0.709. The highest BCUT2D eigenvalue weighted by atomic mass is 16.1. The summed E-state index contributed by atoms with van der Waals surface area (Å²) in [7, 11) is 0. The lowest BCUT2D eigenvalue weighted by Gasteiger charge is -2.08. The van der Waals surface area contributed by atoms with E-state index >= 15 is 0 Å². The third-order valence-electron chi connectivity index (χ3n) is 2.58. The van der Waals surface area contributed by atoms with Gasteiger partial charge in [0.15, 0.2) is 0 Å². The van der Waals surface area contributed by atoms with E-state index in [4.69, 9.17) is 0 Å². The minimum atomic E-state index is 0.00820. The first-order valence-corrected chi connectivity index (χ1v) is 5.11. The Labute approximate surface area is 88.4 Å². The second-order valence-corrected chi connectivity index (χ2v) is 3.74. The molecule has 0 N–H and O–H groups in total. The summed E-state index contributed by atoms with van der Waals surface area (Å²) in [5.74, 6) is 0. The molecule has 0 aliphatic heterocycles. The van der Waals surface area contributed by atoms with E-state index in [9.17, 15) is 4.79 Å². The van der Waals surface area contributed by atoms with Crippen molar-refractivity contribution >= 4 is 11.0 Å². The highest BCUT2D eigenvalue weighted by molar-refractivity contribution is 5.75. The number of hydrogen-bond acceptors (Lipinski definition) is 2. The lowest BCUT2D eigenvalue weighted by Crippen LogP contribution is -2.23. The van der Waals surface area contributed by atoms with Crippen molar-refractivity contribution in [2.75, 3.05) is 0 Å². The summed E-state index contributed by atoms with van der Waals surface area (Å²) in [5.41, 5.74) is 3.55. The van der Waals surface area contributed by atoms with Gasteiger partial charge in [0.05, 0.1) is 11.0 Å².